The Bertz CT molecular complexity index is 812. The van der Waals surface area contributed by atoms with Crippen molar-refractivity contribution in [1.82, 2.24) is 10.6 Å². The van der Waals surface area contributed by atoms with Gasteiger partial charge in [0, 0.05) is 30.2 Å². The van der Waals surface area contributed by atoms with Crippen LogP contribution in [0.2, 0.25) is 0 Å². The van der Waals surface area contributed by atoms with Gasteiger partial charge in [0.15, 0.2) is 0 Å². The summed E-state index contributed by atoms with van der Waals surface area (Å²) in [6, 6.07) is 8.52. The Morgan fingerprint density at radius 3 is 1.84 bits per heavy atom. The second-order valence-corrected chi connectivity index (χ2v) is 10.7. The average molecular weight is 627 g/mol. The second kappa shape index (κ2) is 40.4. The summed E-state index contributed by atoms with van der Waals surface area (Å²) >= 11 is 4.22. The van der Waals surface area contributed by atoms with E-state index < -0.39 is 0 Å². The van der Waals surface area contributed by atoms with Crippen LogP contribution in [-0.2, 0) is 0 Å². The molecule has 2 fully saturated rings. The van der Waals surface area contributed by atoms with Gasteiger partial charge in [-0.15, -0.1) is 51.3 Å². The zero-order chi connectivity index (χ0) is 33.0. The van der Waals surface area contributed by atoms with Gasteiger partial charge in [-0.25, -0.2) is 0 Å². The number of hydrogen-bond donors (Lipinski definition) is 5. The molecule has 0 heterocycles. The molecule has 1 aromatic rings. The van der Waals surface area contributed by atoms with Gasteiger partial charge in [-0.05, 0) is 95.6 Å². The fraction of sp³-hybridized carbons (Fsp3) is 0.538. The van der Waals surface area contributed by atoms with Crippen molar-refractivity contribution in [2.75, 3.05) is 32.5 Å². The highest BCUT2D eigenvalue weighted by atomic mass is 32.1. The van der Waals surface area contributed by atoms with E-state index in [-0.39, 0.29) is 7.43 Å². The van der Waals surface area contributed by atoms with Crippen LogP contribution in [0.1, 0.15) is 91.4 Å². The molecule has 0 bridgehead atoms. The number of para-hydroxylation sites is 1. The van der Waals surface area contributed by atoms with Crippen LogP contribution in [0, 0.1) is 24.2 Å². The van der Waals surface area contributed by atoms with Crippen molar-refractivity contribution in [3.8, 4) is 12.3 Å². The highest BCUT2D eigenvalue weighted by Crippen LogP contribution is 2.30. The molecule has 2 saturated carbocycles. The van der Waals surface area contributed by atoms with Gasteiger partial charge in [0.25, 0.3) is 0 Å². The Morgan fingerprint density at radius 2 is 1.45 bits per heavy atom. The molecule has 4 nitrogen and oxygen atoms in total. The van der Waals surface area contributed by atoms with Crippen molar-refractivity contribution in [2.45, 2.75) is 102 Å². The van der Waals surface area contributed by atoms with Crippen LogP contribution in [0.5, 0.6) is 0 Å². The van der Waals surface area contributed by atoms with Gasteiger partial charge < -0.3 is 21.7 Å². The lowest BCUT2D eigenvalue weighted by Crippen LogP contribution is -2.20. The maximum absolute atomic E-state index is 4.60. The zero-order valence-electron chi connectivity index (χ0n) is 28.0. The Kier molecular flexibility index (Phi) is 44.3. The number of benzene rings is 1. The number of unbranched alkanes of at least 4 members (excludes halogenated alkanes) is 6. The SMILES string of the molecule is C.C#CC.C=CCCCCCCCC=C.C=CCNCC1CCCC1.C=CNC1CC1C=C.CN.CNc1ccccc1S. The summed E-state index contributed by atoms with van der Waals surface area (Å²) in [5, 5.41) is 9.49. The molecule has 1 aromatic carbocycles. The van der Waals surface area contributed by atoms with Gasteiger partial charge >= 0.3 is 0 Å². The number of terminal acetylenes is 1. The summed E-state index contributed by atoms with van der Waals surface area (Å²) in [4.78, 5) is 0.986. The summed E-state index contributed by atoms with van der Waals surface area (Å²) in [5.74, 6) is 3.91. The average Bonchev–Trinajstić information content (AvgIpc) is 3.58. The zero-order valence-corrected chi connectivity index (χ0v) is 28.9. The molecule has 0 saturated heterocycles. The minimum Gasteiger partial charge on any atom is -0.388 e. The van der Waals surface area contributed by atoms with E-state index in [1.165, 1.54) is 90.6 Å². The third-order valence-corrected chi connectivity index (χ3v) is 7.05. The summed E-state index contributed by atoms with van der Waals surface area (Å²) in [6.45, 7) is 22.1. The van der Waals surface area contributed by atoms with E-state index >= 15 is 0 Å². The smallest absolute Gasteiger partial charge is 0.0473 e. The van der Waals surface area contributed by atoms with Crippen molar-refractivity contribution < 1.29 is 0 Å². The largest absolute Gasteiger partial charge is 0.388 e. The first-order valence-corrected chi connectivity index (χ1v) is 16.4. The van der Waals surface area contributed by atoms with Crippen LogP contribution in [0.15, 0.2) is 92.6 Å². The van der Waals surface area contributed by atoms with Crippen LogP contribution in [0.25, 0.3) is 0 Å². The van der Waals surface area contributed by atoms with Crippen molar-refractivity contribution in [2.24, 2.45) is 17.6 Å². The predicted molar refractivity (Wildman–Crippen MR) is 208 cm³/mol. The molecular formula is C39H70N4S. The molecule has 44 heavy (non-hydrogen) atoms. The lowest BCUT2D eigenvalue weighted by molar-refractivity contribution is 0.505. The maximum atomic E-state index is 4.60. The van der Waals surface area contributed by atoms with Gasteiger partial charge in [-0.2, -0.15) is 0 Å². The highest BCUT2D eigenvalue weighted by Gasteiger charge is 2.32. The fourth-order valence-corrected chi connectivity index (χ4v) is 4.49. The lowest BCUT2D eigenvalue weighted by Gasteiger charge is -2.07. The number of hydrogen-bond acceptors (Lipinski definition) is 5. The van der Waals surface area contributed by atoms with Gasteiger partial charge in [0.1, 0.15) is 0 Å². The third kappa shape index (κ3) is 33.8. The van der Waals surface area contributed by atoms with Gasteiger partial charge in [0.05, 0.1) is 0 Å². The van der Waals surface area contributed by atoms with Crippen molar-refractivity contribution in [1.29, 1.82) is 0 Å². The molecular weight excluding hydrogens is 557 g/mol. The van der Waals surface area contributed by atoms with E-state index in [1.807, 2.05) is 55.6 Å². The topological polar surface area (TPSA) is 62.1 Å². The standard InChI is InChI=1S/C11H20.C9H17N.C7H9NS.C7H11N.C3H4.CH5N.CH4/c1-3-5-7-9-11-10-8-6-4-2;1-2-7-10-8-9-5-3-4-6-9;1-8-6-4-2-3-5-7(6)9;1-3-6-5-7(6)8-4-2;1-3-2;1-2;/h3-4H,1-2,5-11H2;2,9-10H,1,3-8H2;2-5,8-9H,1H3;3-4,6-8H,1-2,5H2;1H,2H3;2H2,1H3;1H4. The molecule has 252 valence electrons. The first-order valence-electron chi connectivity index (χ1n) is 15.9. The van der Waals surface area contributed by atoms with Gasteiger partial charge in [-0.1, -0.05) is 82.5 Å². The molecule has 0 amide bonds. The summed E-state index contributed by atoms with van der Waals surface area (Å²) in [5.41, 5.74) is 5.57. The Hall–Kier alpha value is -2.65. The predicted octanol–water partition coefficient (Wildman–Crippen LogP) is 10.2. The number of anilines is 1. The summed E-state index contributed by atoms with van der Waals surface area (Å²) in [6.07, 6.45) is 30.4. The van der Waals surface area contributed by atoms with Crippen molar-refractivity contribution >= 4 is 18.3 Å². The molecule has 5 heteroatoms. The third-order valence-electron chi connectivity index (χ3n) is 6.66. The van der Waals surface area contributed by atoms with Gasteiger partial charge in [-0.3, -0.25) is 0 Å². The first kappa shape index (κ1) is 48.3. The minimum absolute atomic E-state index is 0. The fourth-order valence-electron chi connectivity index (χ4n) is 4.21. The Morgan fingerprint density at radius 1 is 0.932 bits per heavy atom. The van der Waals surface area contributed by atoms with Crippen LogP contribution >= 0.6 is 12.6 Å². The van der Waals surface area contributed by atoms with Crippen LogP contribution in [0.3, 0.4) is 0 Å². The molecule has 2 aliphatic carbocycles. The van der Waals surface area contributed by atoms with E-state index in [2.05, 4.69) is 79.6 Å². The van der Waals surface area contributed by atoms with E-state index in [9.17, 15) is 0 Å². The normalized spacial score (nSPS) is 15.1. The molecule has 0 aliphatic heterocycles. The quantitative estimate of drug-likeness (QED) is 0.0548. The molecule has 0 radical (unpaired) electrons. The van der Waals surface area contributed by atoms with E-state index in [4.69, 9.17) is 0 Å². The number of nitrogens with two attached hydrogens (primary N) is 1. The van der Waals surface area contributed by atoms with E-state index in [1.54, 1.807) is 13.1 Å². The lowest BCUT2D eigenvalue weighted by atomic mass is 10.1. The van der Waals surface area contributed by atoms with Crippen LogP contribution in [0.4, 0.5) is 5.69 Å². The van der Waals surface area contributed by atoms with Gasteiger partial charge in [0.2, 0.25) is 0 Å². The monoisotopic (exact) mass is 627 g/mol. The number of rotatable bonds is 16. The number of allylic oxidation sites excluding steroid dienone is 2. The number of thiol groups is 1. The van der Waals surface area contributed by atoms with E-state index in [0.717, 1.165) is 23.0 Å². The minimum atomic E-state index is 0. The second-order valence-electron chi connectivity index (χ2n) is 10.2. The maximum Gasteiger partial charge on any atom is 0.0473 e. The molecule has 0 spiro atoms. The van der Waals surface area contributed by atoms with Crippen LogP contribution in [-0.4, -0.2) is 33.2 Å². The summed E-state index contributed by atoms with van der Waals surface area (Å²) in [7, 11) is 3.38. The summed E-state index contributed by atoms with van der Waals surface area (Å²) < 4.78 is 0. The molecule has 2 aliphatic rings. The molecule has 3 rings (SSSR count). The number of nitrogens with one attached hydrogen (secondary N) is 3. The molecule has 2 unspecified atom stereocenters. The van der Waals surface area contributed by atoms with Crippen molar-refractivity contribution in [3.05, 3.63) is 87.7 Å². The molecule has 2 atom stereocenters. The molecule has 5 N–H and O–H groups in total. The van der Waals surface area contributed by atoms with Crippen molar-refractivity contribution in [3.63, 3.8) is 0 Å². The molecule has 0 aromatic heterocycles. The highest BCUT2D eigenvalue weighted by molar-refractivity contribution is 7.80. The van der Waals surface area contributed by atoms with E-state index in [0.29, 0.717) is 12.0 Å². The Labute approximate surface area is 280 Å². The first-order chi connectivity index (χ1) is 21.0. The van der Waals surface area contributed by atoms with Crippen LogP contribution < -0.4 is 21.7 Å². The Balaban J connectivity index is -0.000000230.